The number of pyridine rings is 1. The van der Waals surface area contributed by atoms with Crippen LogP contribution in [0.2, 0.25) is 0 Å². The number of ether oxygens (including phenoxy) is 1. The van der Waals surface area contributed by atoms with E-state index in [0.29, 0.717) is 29.1 Å². The highest BCUT2D eigenvalue weighted by Gasteiger charge is 2.26. The van der Waals surface area contributed by atoms with Crippen LogP contribution >= 0.6 is 22.7 Å². The van der Waals surface area contributed by atoms with Crippen molar-refractivity contribution in [1.29, 1.82) is 0 Å². The topological polar surface area (TPSA) is 101 Å². The van der Waals surface area contributed by atoms with Crippen LogP contribution in [0.25, 0.3) is 10.9 Å². The molecule has 36 heavy (non-hydrogen) atoms. The summed E-state index contributed by atoms with van der Waals surface area (Å²) in [6, 6.07) is 1.61. The molecule has 3 rings (SSSR count). The molecule has 0 spiro atoms. The minimum absolute atomic E-state index is 0.192. The van der Waals surface area contributed by atoms with Gasteiger partial charge in [0.2, 0.25) is 5.88 Å². The number of ketones is 1. The minimum atomic E-state index is -0.787. The van der Waals surface area contributed by atoms with E-state index >= 15 is 0 Å². The number of Topliss-reactive ketones (excluding diaryl/α,β-unsaturated/α-hetero) is 1. The molecular formula is C26H30N4O4S2. The second kappa shape index (κ2) is 13.1. The van der Waals surface area contributed by atoms with Crippen molar-refractivity contribution >= 4 is 56.3 Å². The summed E-state index contributed by atoms with van der Waals surface area (Å²) in [6.45, 7) is 8.92. The number of hydrogen-bond acceptors (Lipinski definition) is 8. The molecule has 0 aromatic carbocycles. The molecule has 0 radical (unpaired) electrons. The number of methoxy groups -OCH3 is 1. The number of nitrogens with one attached hydrogen (secondary N) is 1. The Bertz CT molecular complexity index is 1260. The summed E-state index contributed by atoms with van der Waals surface area (Å²) in [5, 5.41) is 6.67. The average Bonchev–Trinajstić information content (AvgIpc) is 3.55. The standard InChI is InChI=1S/C26H30N4O4S2/c1-5-10-17(6-2)11-8-9-13-30(7-3)25(33)19-15-18-20(28-24(19)34-4)16-36-22(18)21(31)23(32)29-26-27-12-14-35-26/h5,10,12,14-16H,1,6-9,11,13H2,2-4H3,(H,27,29,32)/b17-10+. The van der Waals surface area contributed by atoms with Gasteiger partial charge in [-0.2, -0.15) is 0 Å². The van der Waals surface area contributed by atoms with Gasteiger partial charge in [-0.05, 0) is 38.7 Å². The van der Waals surface area contributed by atoms with Crippen LogP contribution < -0.4 is 10.1 Å². The lowest BCUT2D eigenvalue weighted by Gasteiger charge is -2.22. The molecular weight excluding hydrogens is 496 g/mol. The maximum Gasteiger partial charge on any atom is 0.299 e. The number of aromatic nitrogens is 2. The van der Waals surface area contributed by atoms with E-state index in [1.165, 1.54) is 24.0 Å². The summed E-state index contributed by atoms with van der Waals surface area (Å²) in [7, 11) is 1.46. The van der Waals surface area contributed by atoms with Gasteiger partial charge in [0, 0.05) is 35.4 Å². The normalized spacial score (nSPS) is 11.4. The molecule has 190 valence electrons. The zero-order chi connectivity index (χ0) is 26.1. The first-order chi connectivity index (χ1) is 17.4. The number of rotatable bonds is 13. The van der Waals surface area contributed by atoms with Crippen molar-refractivity contribution < 1.29 is 19.1 Å². The van der Waals surface area contributed by atoms with Gasteiger partial charge in [-0.25, -0.2) is 9.97 Å². The molecule has 3 aromatic rings. The predicted molar refractivity (Wildman–Crippen MR) is 145 cm³/mol. The average molecular weight is 527 g/mol. The fourth-order valence-corrected chi connectivity index (χ4v) is 5.18. The lowest BCUT2D eigenvalue weighted by Crippen LogP contribution is -2.32. The first-order valence-electron chi connectivity index (χ1n) is 11.7. The molecule has 0 aliphatic rings. The van der Waals surface area contributed by atoms with Crippen molar-refractivity contribution in [1.82, 2.24) is 14.9 Å². The number of thiazole rings is 1. The Morgan fingerprint density at radius 2 is 2.03 bits per heavy atom. The van der Waals surface area contributed by atoms with E-state index in [4.69, 9.17) is 4.74 Å². The second-order valence-corrected chi connectivity index (χ2v) is 9.69. The van der Waals surface area contributed by atoms with Crippen LogP contribution in [0.3, 0.4) is 0 Å². The summed E-state index contributed by atoms with van der Waals surface area (Å²) in [5.74, 6) is -1.53. The molecule has 0 atom stereocenters. The largest absolute Gasteiger partial charge is 0.480 e. The van der Waals surface area contributed by atoms with Crippen molar-refractivity contribution in [3.63, 3.8) is 0 Å². The van der Waals surface area contributed by atoms with E-state index in [1.54, 1.807) is 27.9 Å². The van der Waals surface area contributed by atoms with Gasteiger partial charge in [0.15, 0.2) is 5.13 Å². The van der Waals surface area contributed by atoms with Gasteiger partial charge in [0.05, 0.1) is 17.5 Å². The third-order valence-electron chi connectivity index (χ3n) is 5.69. The molecule has 0 bridgehead atoms. The number of carbonyl (C=O) groups excluding carboxylic acids is 3. The van der Waals surface area contributed by atoms with Gasteiger partial charge in [0.1, 0.15) is 5.56 Å². The van der Waals surface area contributed by atoms with Crippen LogP contribution in [0.1, 0.15) is 59.6 Å². The van der Waals surface area contributed by atoms with Crippen molar-refractivity contribution in [2.75, 3.05) is 25.5 Å². The number of carbonyl (C=O) groups is 3. The third-order valence-corrected chi connectivity index (χ3v) is 7.36. The van der Waals surface area contributed by atoms with Crippen LogP contribution in [-0.4, -0.2) is 52.7 Å². The summed E-state index contributed by atoms with van der Waals surface area (Å²) in [6.07, 6.45) is 9.16. The molecule has 3 heterocycles. The molecule has 8 nitrogen and oxygen atoms in total. The summed E-state index contributed by atoms with van der Waals surface area (Å²) >= 11 is 2.33. The van der Waals surface area contributed by atoms with Crippen molar-refractivity contribution in [3.8, 4) is 5.88 Å². The number of anilines is 1. The zero-order valence-corrected chi connectivity index (χ0v) is 22.3. The molecule has 0 unspecified atom stereocenters. The molecule has 1 N–H and O–H groups in total. The Kier molecular flexibility index (Phi) is 9.89. The molecule has 0 saturated heterocycles. The number of amides is 2. The number of allylic oxidation sites excluding steroid dienone is 3. The molecule has 10 heteroatoms. The number of nitrogens with zero attached hydrogens (tertiary/aromatic N) is 3. The Labute approximate surface area is 218 Å². The lowest BCUT2D eigenvalue weighted by atomic mass is 10.1. The number of thiophene rings is 1. The molecule has 3 aromatic heterocycles. The highest BCUT2D eigenvalue weighted by atomic mass is 32.1. The Hall–Kier alpha value is -3.37. The van der Waals surface area contributed by atoms with Crippen LogP contribution in [0.5, 0.6) is 5.88 Å². The van der Waals surface area contributed by atoms with Gasteiger partial charge in [-0.15, -0.1) is 22.7 Å². The van der Waals surface area contributed by atoms with Crippen LogP contribution in [-0.2, 0) is 4.79 Å². The summed E-state index contributed by atoms with van der Waals surface area (Å²) in [5.41, 5.74) is 2.09. The highest BCUT2D eigenvalue weighted by Crippen LogP contribution is 2.31. The van der Waals surface area contributed by atoms with Crippen LogP contribution in [0.15, 0.2) is 47.3 Å². The SMILES string of the molecule is C=C/C=C(\CC)CCCCN(CC)C(=O)c1cc2c(C(=O)C(=O)Nc3nccs3)scc2nc1OC. The Morgan fingerprint density at radius 3 is 2.67 bits per heavy atom. The molecule has 2 amide bonds. The first kappa shape index (κ1) is 27.2. The molecule has 0 fully saturated rings. The van der Waals surface area contributed by atoms with Gasteiger partial charge >= 0.3 is 0 Å². The Balaban J connectivity index is 1.80. The highest BCUT2D eigenvalue weighted by molar-refractivity contribution is 7.15. The van der Waals surface area contributed by atoms with E-state index in [-0.39, 0.29) is 22.2 Å². The van der Waals surface area contributed by atoms with E-state index < -0.39 is 11.7 Å². The lowest BCUT2D eigenvalue weighted by molar-refractivity contribution is -0.112. The number of fused-ring (bicyclic) bond motifs is 1. The summed E-state index contributed by atoms with van der Waals surface area (Å²) < 4.78 is 5.41. The fourth-order valence-electron chi connectivity index (χ4n) is 3.76. The van der Waals surface area contributed by atoms with E-state index in [2.05, 4.69) is 28.8 Å². The van der Waals surface area contributed by atoms with E-state index in [1.807, 2.05) is 19.1 Å². The van der Waals surface area contributed by atoms with Gasteiger partial charge in [0.25, 0.3) is 17.6 Å². The Morgan fingerprint density at radius 1 is 1.22 bits per heavy atom. The minimum Gasteiger partial charge on any atom is -0.480 e. The smallest absolute Gasteiger partial charge is 0.299 e. The fraction of sp³-hybridized carbons (Fsp3) is 0.346. The zero-order valence-electron chi connectivity index (χ0n) is 20.7. The van der Waals surface area contributed by atoms with Crippen LogP contribution in [0.4, 0.5) is 5.13 Å². The quantitative estimate of drug-likeness (QED) is 0.132. The van der Waals surface area contributed by atoms with Gasteiger partial charge in [-0.3, -0.25) is 19.7 Å². The predicted octanol–water partition coefficient (Wildman–Crippen LogP) is 5.74. The third kappa shape index (κ3) is 6.44. The summed E-state index contributed by atoms with van der Waals surface area (Å²) in [4.78, 5) is 49.2. The molecule has 0 saturated carbocycles. The molecule has 0 aliphatic heterocycles. The van der Waals surface area contributed by atoms with Gasteiger partial charge in [-0.1, -0.05) is 31.2 Å². The van der Waals surface area contributed by atoms with Crippen molar-refractivity contribution in [3.05, 3.63) is 57.8 Å². The number of unbranched alkanes of at least 4 members (excludes halogenated alkanes) is 1. The van der Waals surface area contributed by atoms with Crippen LogP contribution in [0, 0.1) is 0 Å². The maximum absolute atomic E-state index is 13.4. The van der Waals surface area contributed by atoms with E-state index in [0.717, 1.165) is 37.0 Å². The van der Waals surface area contributed by atoms with Gasteiger partial charge < -0.3 is 9.64 Å². The van der Waals surface area contributed by atoms with Crippen molar-refractivity contribution in [2.24, 2.45) is 0 Å². The second-order valence-electron chi connectivity index (χ2n) is 7.92. The molecule has 0 aliphatic carbocycles. The monoisotopic (exact) mass is 526 g/mol. The maximum atomic E-state index is 13.4. The number of hydrogen-bond donors (Lipinski definition) is 1. The van der Waals surface area contributed by atoms with Crippen molar-refractivity contribution in [2.45, 2.75) is 39.5 Å². The van der Waals surface area contributed by atoms with E-state index in [9.17, 15) is 14.4 Å². The first-order valence-corrected chi connectivity index (χ1v) is 13.5.